The Kier molecular flexibility index (Phi) is 9.92. The summed E-state index contributed by atoms with van der Waals surface area (Å²) in [4.78, 5) is 53.4. The van der Waals surface area contributed by atoms with Crippen molar-refractivity contribution in [2.24, 2.45) is 0 Å². The fourth-order valence-corrected chi connectivity index (χ4v) is 7.58. The molecule has 48 heavy (non-hydrogen) atoms. The molecule has 0 bridgehead atoms. The largest absolute Gasteiger partial charge is 0.480 e. The molecule has 1 unspecified atom stereocenters. The third-order valence-electron chi connectivity index (χ3n) is 8.28. The van der Waals surface area contributed by atoms with Gasteiger partial charge in [-0.25, -0.2) is 18.0 Å². The van der Waals surface area contributed by atoms with Crippen LogP contribution in [0.2, 0.25) is 0 Å². The number of anilines is 2. The third kappa shape index (κ3) is 7.69. The molecule has 0 saturated carbocycles. The van der Waals surface area contributed by atoms with Gasteiger partial charge in [-0.3, -0.25) is 14.5 Å². The van der Waals surface area contributed by atoms with E-state index < -0.39 is 57.6 Å². The van der Waals surface area contributed by atoms with Crippen molar-refractivity contribution in [2.45, 2.75) is 82.0 Å². The van der Waals surface area contributed by atoms with E-state index >= 15 is 0 Å². The second kappa shape index (κ2) is 13.8. The van der Waals surface area contributed by atoms with E-state index in [1.165, 1.54) is 17.0 Å². The number of nitrogens with one attached hydrogen (secondary N) is 2. The number of aliphatic carboxylic acids is 1. The fourth-order valence-electron chi connectivity index (χ4n) is 5.92. The fraction of sp³-hybridized carbons (Fsp3) is 0.371. The first kappa shape index (κ1) is 34.6. The summed E-state index contributed by atoms with van der Waals surface area (Å²) in [6.07, 6.45) is 0.352. The molecule has 12 nitrogen and oxygen atoms in total. The molecule has 0 radical (unpaired) electrons. The van der Waals surface area contributed by atoms with Gasteiger partial charge in [0.15, 0.2) is 0 Å². The highest BCUT2D eigenvalue weighted by Gasteiger charge is 2.42. The van der Waals surface area contributed by atoms with Crippen LogP contribution in [-0.2, 0) is 42.0 Å². The highest BCUT2D eigenvalue weighted by atomic mass is 32.2. The number of hydrogen-bond acceptors (Lipinski definition) is 7. The van der Waals surface area contributed by atoms with Gasteiger partial charge in [-0.15, -0.1) is 0 Å². The number of rotatable bonds is 9. The predicted molar refractivity (Wildman–Crippen MR) is 179 cm³/mol. The number of carbonyl (C=O) groups is 4. The lowest BCUT2D eigenvalue weighted by Crippen LogP contribution is -2.51. The number of benzene rings is 3. The van der Waals surface area contributed by atoms with Crippen LogP contribution in [0.15, 0.2) is 77.7 Å². The van der Waals surface area contributed by atoms with Gasteiger partial charge < -0.3 is 20.5 Å². The van der Waals surface area contributed by atoms with Crippen LogP contribution in [0, 0.1) is 6.92 Å². The molecule has 254 valence electrons. The van der Waals surface area contributed by atoms with Crippen LogP contribution >= 0.6 is 0 Å². The van der Waals surface area contributed by atoms with Crippen molar-refractivity contribution in [3.63, 3.8) is 0 Å². The summed E-state index contributed by atoms with van der Waals surface area (Å²) < 4.78 is 33.3. The van der Waals surface area contributed by atoms with E-state index in [4.69, 9.17) is 4.74 Å². The van der Waals surface area contributed by atoms with Crippen molar-refractivity contribution >= 4 is 45.3 Å². The Balaban J connectivity index is 1.23. The maximum absolute atomic E-state index is 13.4. The average molecular weight is 677 g/mol. The van der Waals surface area contributed by atoms with Crippen molar-refractivity contribution in [2.75, 3.05) is 16.8 Å². The number of ether oxygens (including phenoxy) is 1. The number of para-hydroxylation sites is 1. The number of sulfonamides is 1. The number of fused-ring (bicyclic) bond motifs is 1. The second-order valence-corrected chi connectivity index (χ2v) is 15.0. The zero-order valence-electron chi connectivity index (χ0n) is 27.3. The molecule has 3 N–H and O–H groups in total. The second-order valence-electron chi connectivity index (χ2n) is 13.1. The Bertz CT molecular complexity index is 1800. The lowest BCUT2D eigenvalue weighted by Gasteiger charge is -2.28. The summed E-state index contributed by atoms with van der Waals surface area (Å²) in [5, 5.41) is 15.3. The molecule has 0 spiro atoms. The summed E-state index contributed by atoms with van der Waals surface area (Å²) in [5.41, 5.74) is 2.59. The Morgan fingerprint density at radius 3 is 2.25 bits per heavy atom. The van der Waals surface area contributed by atoms with E-state index in [0.717, 1.165) is 15.4 Å². The number of amides is 3. The minimum Gasteiger partial charge on any atom is -0.480 e. The SMILES string of the molecule is Cc1ccc(S(=O)(=O)N2CCC[C@H]2C(=O)N[C@H](Cc2ccc(NC(=O)C3Cc4ccccc4N3C(=O)OC(C)(C)C)cc2)C(=O)O)cc1. The molecule has 3 aromatic carbocycles. The number of carboxylic acid groups (broad SMARTS) is 1. The predicted octanol–water partition coefficient (Wildman–Crippen LogP) is 4.27. The smallest absolute Gasteiger partial charge is 0.415 e. The van der Waals surface area contributed by atoms with Gasteiger partial charge in [0.2, 0.25) is 21.8 Å². The Morgan fingerprint density at radius 2 is 1.60 bits per heavy atom. The zero-order chi connectivity index (χ0) is 34.8. The molecular weight excluding hydrogens is 636 g/mol. The van der Waals surface area contributed by atoms with Gasteiger partial charge in [0.1, 0.15) is 23.7 Å². The van der Waals surface area contributed by atoms with Crippen LogP contribution in [0.5, 0.6) is 0 Å². The Labute approximate surface area is 280 Å². The van der Waals surface area contributed by atoms with E-state index in [0.29, 0.717) is 29.8 Å². The first-order valence-electron chi connectivity index (χ1n) is 15.8. The van der Waals surface area contributed by atoms with Crippen LogP contribution < -0.4 is 15.5 Å². The van der Waals surface area contributed by atoms with E-state index in [-0.39, 0.29) is 24.3 Å². The summed E-state index contributed by atoms with van der Waals surface area (Å²) in [6.45, 7) is 7.26. The Morgan fingerprint density at radius 1 is 0.938 bits per heavy atom. The number of carbonyl (C=O) groups excluding carboxylic acids is 3. The summed E-state index contributed by atoms with van der Waals surface area (Å²) >= 11 is 0. The van der Waals surface area contributed by atoms with Gasteiger partial charge in [0.25, 0.3) is 0 Å². The highest BCUT2D eigenvalue weighted by Crippen LogP contribution is 2.34. The van der Waals surface area contributed by atoms with Crippen LogP contribution in [-0.4, -0.2) is 72.0 Å². The molecule has 2 aliphatic heterocycles. The molecular formula is C35H40N4O8S. The lowest BCUT2D eigenvalue weighted by molar-refractivity contribution is -0.142. The molecule has 1 saturated heterocycles. The van der Waals surface area contributed by atoms with Gasteiger partial charge in [0.05, 0.1) is 10.6 Å². The van der Waals surface area contributed by atoms with E-state index in [9.17, 15) is 32.7 Å². The quantitative estimate of drug-likeness (QED) is 0.303. The Hall–Kier alpha value is -4.75. The molecule has 2 aliphatic rings. The van der Waals surface area contributed by atoms with E-state index in [1.54, 1.807) is 69.3 Å². The summed E-state index contributed by atoms with van der Waals surface area (Å²) in [5.74, 6) is -2.36. The molecule has 2 heterocycles. The number of nitrogens with zero attached hydrogens (tertiary/aromatic N) is 2. The van der Waals surface area contributed by atoms with Crippen molar-refractivity contribution in [1.29, 1.82) is 0 Å². The highest BCUT2D eigenvalue weighted by molar-refractivity contribution is 7.89. The third-order valence-corrected chi connectivity index (χ3v) is 10.2. The van der Waals surface area contributed by atoms with E-state index in [2.05, 4.69) is 10.6 Å². The molecule has 0 aromatic heterocycles. The maximum atomic E-state index is 13.4. The van der Waals surface area contributed by atoms with Gasteiger partial charge >= 0.3 is 12.1 Å². The van der Waals surface area contributed by atoms with Gasteiger partial charge in [-0.1, -0.05) is 48.0 Å². The number of aryl methyl sites for hydroxylation is 1. The van der Waals surface area contributed by atoms with Gasteiger partial charge in [0, 0.05) is 25.1 Å². The van der Waals surface area contributed by atoms with Crippen molar-refractivity contribution < 1.29 is 37.4 Å². The first-order chi connectivity index (χ1) is 22.6. The van der Waals surface area contributed by atoms with Crippen molar-refractivity contribution in [3.05, 3.63) is 89.5 Å². The standard InChI is InChI=1S/C35H40N4O8S/c1-22-11-17-26(18-12-22)48(45,46)38-19-7-10-29(38)31(40)37-27(33(42)43)20-23-13-15-25(16-14-23)36-32(41)30-21-24-8-5-6-9-28(24)39(30)34(44)47-35(2,3)4/h5-6,8-9,11-18,27,29-30H,7,10,19-21H2,1-4H3,(H,36,41)(H,37,40)(H,42,43)/t27-,29+,30?/m1/s1. The molecule has 1 fully saturated rings. The average Bonchev–Trinajstić information content (AvgIpc) is 3.67. The molecule has 0 aliphatic carbocycles. The molecule has 3 atom stereocenters. The summed E-state index contributed by atoms with van der Waals surface area (Å²) in [6, 6.07) is 16.9. The number of carboxylic acids is 1. The van der Waals surface area contributed by atoms with Gasteiger partial charge in [-0.2, -0.15) is 4.31 Å². The minimum absolute atomic E-state index is 0.0723. The first-order valence-corrected chi connectivity index (χ1v) is 17.2. The van der Waals surface area contributed by atoms with Crippen LogP contribution in [0.4, 0.5) is 16.2 Å². The van der Waals surface area contributed by atoms with Crippen LogP contribution in [0.1, 0.15) is 50.3 Å². The van der Waals surface area contributed by atoms with Crippen molar-refractivity contribution in [3.8, 4) is 0 Å². The van der Waals surface area contributed by atoms with Crippen LogP contribution in [0.3, 0.4) is 0 Å². The minimum atomic E-state index is -3.96. The maximum Gasteiger partial charge on any atom is 0.415 e. The lowest BCUT2D eigenvalue weighted by atomic mass is 10.0. The molecule has 5 rings (SSSR count). The van der Waals surface area contributed by atoms with Gasteiger partial charge in [-0.05, 0) is 82.0 Å². The number of hydrogen-bond donors (Lipinski definition) is 3. The van der Waals surface area contributed by atoms with Crippen molar-refractivity contribution in [1.82, 2.24) is 9.62 Å². The van der Waals surface area contributed by atoms with E-state index in [1.807, 2.05) is 19.1 Å². The molecule has 13 heteroatoms. The monoisotopic (exact) mass is 676 g/mol. The topological polar surface area (TPSA) is 162 Å². The molecule has 3 aromatic rings. The zero-order valence-corrected chi connectivity index (χ0v) is 28.1. The summed E-state index contributed by atoms with van der Waals surface area (Å²) in [7, 11) is -3.96. The normalized spacial score (nSPS) is 18.5. The van der Waals surface area contributed by atoms with Crippen LogP contribution in [0.25, 0.3) is 0 Å². The molecule has 3 amide bonds.